The van der Waals surface area contributed by atoms with Crippen molar-refractivity contribution in [3.05, 3.63) is 27.7 Å². The van der Waals surface area contributed by atoms with Gasteiger partial charge in [-0.3, -0.25) is 0 Å². The molecular weight excluding hydrogens is 378 g/mol. The lowest BCUT2D eigenvalue weighted by Crippen LogP contribution is -2.63. The largest absolute Gasteiger partial charge is 0.344 e. The fraction of sp³-hybridized carbons (Fsp3) is 0.800. The number of aryl methyl sites for hydroxylation is 1. The van der Waals surface area contributed by atoms with Crippen LogP contribution in [-0.4, -0.2) is 23.0 Å². The topological polar surface area (TPSA) is 31.4 Å². The van der Waals surface area contributed by atoms with E-state index in [9.17, 15) is 0 Å². The zero-order chi connectivity index (χ0) is 20.3. The van der Waals surface area contributed by atoms with E-state index < -0.39 is 5.79 Å². The average molecular weight is 414 g/mol. The highest BCUT2D eigenvalue weighted by atomic mass is 32.1. The number of allylic oxidation sites excluding steroid dienone is 1. The molecule has 1 aromatic heterocycles. The molecule has 4 aliphatic carbocycles. The Balaban J connectivity index is 1.48. The van der Waals surface area contributed by atoms with Gasteiger partial charge in [0.05, 0.1) is 22.9 Å². The summed E-state index contributed by atoms with van der Waals surface area (Å²) in [5, 5.41) is 1.22. The highest BCUT2D eigenvalue weighted by Crippen LogP contribution is 2.68. The minimum Gasteiger partial charge on any atom is -0.344 e. The normalized spacial score (nSPS) is 49.8. The van der Waals surface area contributed by atoms with Crippen LogP contribution < -0.4 is 0 Å². The summed E-state index contributed by atoms with van der Waals surface area (Å²) in [6, 6.07) is 0. The van der Waals surface area contributed by atoms with E-state index in [1.54, 1.807) is 4.88 Å². The second-order valence-corrected chi connectivity index (χ2v) is 12.8. The van der Waals surface area contributed by atoms with E-state index in [0.29, 0.717) is 29.1 Å². The second kappa shape index (κ2) is 5.75. The summed E-state index contributed by atoms with van der Waals surface area (Å²) in [5.74, 6) is 2.04. The van der Waals surface area contributed by atoms with Gasteiger partial charge in [-0.2, -0.15) is 0 Å². The van der Waals surface area contributed by atoms with Crippen molar-refractivity contribution in [2.24, 2.45) is 34.5 Å². The third-order valence-corrected chi connectivity index (χ3v) is 10.8. The fourth-order valence-corrected chi connectivity index (χ4v) is 9.53. The van der Waals surface area contributed by atoms with Crippen LogP contribution in [0.5, 0.6) is 0 Å². The van der Waals surface area contributed by atoms with Crippen molar-refractivity contribution in [3.63, 3.8) is 0 Å². The molecule has 1 aliphatic heterocycles. The van der Waals surface area contributed by atoms with Crippen molar-refractivity contribution >= 4 is 11.3 Å². The van der Waals surface area contributed by atoms with Gasteiger partial charge >= 0.3 is 0 Å². The minimum absolute atomic E-state index is 0.197. The van der Waals surface area contributed by atoms with Crippen LogP contribution in [0.25, 0.3) is 0 Å². The molecule has 8 atom stereocenters. The molecule has 6 rings (SSSR count). The van der Waals surface area contributed by atoms with E-state index in [4.69, 9.17) is 14.5 Å². The molecule has 3 saturated carbocycles. The van der Waals surface area contributed by atoms with Crippen molar-refractivity contribution < 1.29 is 9.47 Å². The molecule has 0 spiro atoms. The van der Waals surface area contributed by atoms with Crippen LogP contribution in [0.15, 0.2) is 12.2 Å². The molecule has 0 aromatic carbocycles. The standard InChI is InChI=1S/C25H35NO2S/c1-13-7-8-15-20-16(9-10-24(13,15)5)25(6)12-19-18(26-14(2)29-19)11-17(25)21-22(20)28-23(3,4)27-21/h15-17,20-22H,1,7-12H2,2-6H3. The third-order valence-electron chi connectivity index (χ3n) is 9.76. The van der Waals surface area contributed by atoms with Crippen LogP contribution in [0.1, 0.15) is 69.0 Å². The fourth-order valence-electron chi connectivity index (χ4n) is 8.38. The number of hydrogen-bond donors (Lipinski definition) is 0. The SMILES string of the molecule is C=C1CCC2C3C4OC(C)(C)OC4C4Cc5nc(C)sc5CC4(C)C3CCC12C. The third kappa shape index (κ3) is 2.40. The first kappa shape index (κ1) is 19.0. The van der Waals surface area contributed by atoms with Crippen LogP contribution in [0, 0.1) is 41.4 Å². The van der Waals surface area contributed by atoms with E-state index in [0.717, 1.165) is 6.42 Å². The Morgan fingerprint density at radius 1 is 1.03 bits per heavy atom. The molecule has 4 heteroatoms. The second-order valence-electron chi connectivity index (χ2n) is 11.5. The van der Waals surface area contributed by atoms with Gasteiger partial charge in [0.2, 0.25) is 0 Å². The Kier molecular flexibility index (Phi) is 3.77. The highest BCUT2D eigenvalue weighted by Gasteiger charge is 2.67. The number of hydrogen-bond acceptors (Lipinski definition) is 4. The molecule has 2 heterocycles. The molecular formula is C25H35NO2S. The van der Waals surface area contributed by atoms with Gasteiger partial charge in [-0.05, 0) is 93.8 Å². The van der Waals surface area contributed by atoms with Crippen molar-refractivity contribution in [2.45, 2.75) is 91.1 Å². The van der Waals surface area contributed by atoms with Crippen molar-refractivity contribution in [1.82, 2.24) is 4.98 Å². The first-order valence-electron chi connectivity index (χ1n) is 11.6. The van der Waals surface area contributed by atoms with E-state index >= 15 is 0 Å². The molecule has 29 heavy (non-hydrogen) atoms. The molecule has 1 aromatic rings. The summed E-state index contributed by atoms with van der Waals surface area (Å²) in [5.41, 5.74) is 3.42. The van der Waals surface area contributed by atoms with Gasteiger partial charge in [0.1, 0.15) is 0 Å². The number of fused-ring (bicyclic) bond motifs is 9. The molecule has 4 fully saturated rings. The Hall–Kier alpha value is -0.710. The first-order valence-corrected chi connectivity index (χ1v) is 12.4. The quantitative estimate of drug-likeness (QED) is 0.511. The van der Waals surface area contributed by atoms with E-state index in [2.05, 4.69) is 41.2 Å². The minimum atomic E-state index is -0.479. The highest BCUT2D eigenvalue weighted by molar-refractivity contribution is 7.11. The maximum atomic E-state index is 6.73. The maximum absolute atomic E-state index is 6.73. The molecule has 0 amide bonds. The lowest BCUT2D eigenvalue weighted by atomic mass is 9.44. The smallest absolute Gasteiger partial charge is 0.163 e. The van der Waals surface area contributed by atoms with E-state index in [-0.39, 0.29) is 17.6 Å². The zero-order valence-corrected chi connectivity index (χ0v) is 19.4. The molecule has 0 N–H and O–H groups in total. The Bertz CT molecular complexity index is 889. The number of rotatable bonds is 0. The monoisotopic (exact) mass is 413 g/mol. The van der Waals surface area contributed by atoms with Crippen LogP contribution >= 0.6 is 11.3 Å². The molecule has 5 aliphatic rings. The van der Waals surface area contributed by atoms with E-state index in [1.807, 2.05) is 11.3 Å². The number of thiazole rings is 1. The predicted molar refractivity (Wildman–Crippen MR) is 116 cm³/mol. The summed E-state index contributed by atoms with van der Waals surface area (Å²) in [6.07, 6.45) is 7.76. The zero-order valence-electron chi connectivity index (χ0n) is 18.6. The maximum Gasteiger partial charge on any atom is 0.163 e. The van der Waals surface area contributed by atoms with Gasteiger partial charge < -0.3 is 9.47 Å². The summed E-state index contributed by atoms with van der Waals surface area (Å²) < 4.78 is 13.4. The van der Waals surface area contributed by atoms with E-state index in [1.165, 1.54) is 48.4 Å². The van der Waals surface area contributed by atoms with Gasteiger partial charge in [0, 0.05) is 4.88 Å². The van der Waals surface area contributed by atoms with Crippen LogP contribution in [0.2, 0.25) is 0 Å². The Morgan fingerprint density at radius 2 is 1.79 bits per heavy atom. The lowest BCUT2D eigenvalue weighted by molar-refractivity contribution is -0.164. The Morgan fingerprint density at radius 3 is 2.59 bits per heavy atom. The van der Waals surface area contributed by atoms with Gasteiger partial charge in [0.25, 0.3) is 0 Å². The molecule has 8 unspecified atom stereocenters. The lowest BCUT2D eigenvalue weighted by Gasteiger charge is -2.62. The van der Waals surface area contributed by atoms with Crippen molar-refractivity contribution in [1.29, 1.82) is 0 Å². The molecule has 0 bridgehead atoms. The molecule has 0 radical (unpaired) electrons. The average Bonchev–Trinajstić information content (AvgIpc) is 3.25. The van der Waals surface area contributed by atoms with Gasteiger partial charge in [-0.1, -0.05) is 26.0 Å². The molecule has 1 saturated heterocycles. The van der Waals surface area contributed by atoms with Crippen molar-refractivity contribution in [2.75, 3.05) is 0 Å². The summed E-state index contributed by atoms with van der Waals surface area (Å²) >= 11 is 1.93. The summed E-state index contributed by atoms with van der Waals surface area (Å²) in [4.78, 5) is 6.46. The predicted octanol–water partition coefficient (Wildman–Crippen LogP) is 5.71. The van der Waals surface area contributed by atoms with Gasteiger partial charge in [0.15, 0.2) is 5.79 Å². The number of nitrogens with zero attached hydrogens (tertiary/aromatic N) is 1. The summed E-state index contributed by atoms with van der Waals surface area (Å²) in [7, 11) is 0. The van der Waals surface area contributed by atoms with Crippen LogP contribution in [0.3, 0.4) is 0 Å². The summed E-state index contributed by atoms with van der Waals surface area (Å²) in [6.45, 7) is 16.0. The molecule has 158 valence electrons. The number of ether oxygens (including phenoxy) is 2. The van der Waals surface area contributed by atoms with Gasteiger partial charge in [-0.15, -0.1) is 11.3 Å². The number of aromatic nitrogens is 1. The van der Waals surface area contributed by atoms with Gasteiger partial charge in [-0.25, -0.2) is 4.98 Å². The van der Waals surface area contributed by atoms with Crippen molar-refractivity contribution in [3.8, 4) is 0 Å². The van der Waals surface area contributed by atoms with Crippen LogP contribution in [-0.2, 0) is 22.3 Å². The first-order chi connectivity index (χ1) is 13.6. The molecule has 3 nitrogen and oxygen atoms in total. The van der Waals surface area contributed by atoms with Crippen LogP contribution in [0.4, 0.5) is 0 Å². The Labute approximate surface area is 179 Å².